The molecule has 110 valence electrons. The van der Waals surface area contributed by atoms with E-state index in [4.69, 9.17) is 0 Å². The van der Waals surface area contributed by atoms with Crippen LogP contribution in [0.25, 0.3) is 0 Å². The third-order valence-electron chi connectivity index (χ3n) is 3.94. The lowest BCUT2D eigenvalue weighted by Crippen LogP contribution is -2.46. The Morgan fingerprint density at radius 1 is 1.10 bits per heavy atom. The molecule has 1 saturated heterocycles. The number of amides is 1. The molecule has 0 aromatic heterocycles. The molecule has 0 bridgehead atoms. The van der Waals surface area contributed by atoms with E-state index in [0.717, 1.165) is 39.0 Å². The van der Waals surface area contributed by atoms with Crippen molar-refractivity contribution in [2.45, 2.75) is 39.0 Å². The van der Waals surface area contributed by atoms with Crippen molar-refractivity contribution in [3.63, 3.8) is 0 Å². The van der Waals surface area contributed by atoms with Crippen LogP contribution in [0, 0.1) is 0 Å². The quantitative estimate of drug-likeness (QED) is 0.864. The van der Waals surface area contributed by atoms with Crippen molar-refractivity contribution in [3.8, 4) is 0 Å². The minimum atomic E-state index is 0.293. The molecule has 1 aliphatic heterocycles. The normalized spacial score (nSPS) is 15.3. The third kappa shape index (κ3) is 4.64. The number of carbonyl (C=O) groups excluding carboxylic acids is 1. The minimum Gasteiger partial charge on any atom is -0.340 e. The maximum atomic E-state index is 12.1. The lowest BCUT2D eigenvalue weighted by Gasteiger charge is -2.27. The molecule has 3 nitrogen and oxygen atoms in total. The van der Waals surface area contributed by atoms with Crippen LogP contribution in [-0.2, 0) is 17.6 Å². The Bertz CT molecular complexity index is 408. The zero-order chi connectivity index (χ0) is 14.2. The van der Waals surface area contributed by atoms with E-state index < -0.39 is 0 Å². The van der Waals surface area contributed by atoms with Crippen molar-refractivity contribution >= 4 is 5.91 Å². The van der Waals surface area contributed by atoms with Crippen molar-refractivity contribution < 1.29 is 4.79 Å². The van der Waals surface area contributed by atoms with Gasteiger partial charge >= 0.3 is 0 Å². The fourth-order valence-electron chi connectivity index (χ4n) is 2.58. The molecular weight excluding hydrogens is 248 g/mol. The number of unbranched alkanes of at least 4 members (excludes halogenated alkanes) is 1. The monoisotopic (exact) mass is 274 g/mol. The molecule has 20 heavy (non-hydrogen) atoms. The van der Waals surface area contributed by atoms with Gasteiger partial charge in [-0.25, -0.2) is 0 Å². The van der Waals surface area contributed by atoms with Gasteiger partial charge in [0.1, 0.15) is 0 Å². The van der Waals surface area contributed by atoms with E-state index in [1.807, 2.05) is 4.90 Å². The van der Waals surface area contributed by atoms with Gasteiger partial charge in [0.05, 0.1) is 0 Å². The number of nitrogens with one attached hydrogen (secondary N) is 1. The predicted octanol–water partition coefficient (Wildman–Crippen LogP) is 2.39. The minimum absolute atomic E-state index is 0.293. The van der Waals surface area contributed by atoms with Gasteiger partial charge in [0.2, 0.25) is 5.91 Å². The second-order valence-electron chi connectivity index (χ2n) is 5.55. The van der Waals surface area contributed by atoms with E-state index in [0.29, 0.717) is 12.3 Å². The van der Waals surface area contributed by atoms with Crippen molar-refractivity contribution in [2.24, 2.45) is 0 Å². The van der Waals surface area contributed by atoms with Gasteiger partial charge < -0.3 is 10.2 Å². The lowest BCUT2D eigenvalue weighted by molar-refractivity contribution is -0.131. The molecule has 0 saturated carbocycles. The fourth-order valence-corrected chi connectivity index (χ4v) is 2.58. The SMILES string of the molecule is CCCCc1ccc(CCC(=O)N2CCNCC2)cc1. The Balaban J connectivity index is 1.76. The number of hydrogen-bond acceptors (Lipinski definition) is 2. The highest BCUT2D eigenvalue weighted by Crippen LogP contribution is 2.10. The van der Waals surface area contributed by atoms with Gasteiger partial charge in [-0.3, -0.25) is 4.79 Å². The van der Waals surface area contributed by atoms with E-state index in [1.54, 1.807) is 0 Å². The molecule has 3 heteroatoms. The Kier molecular flexibility index (Phi) is 6.06. The van der Waals surface area contributed by atoms with E-state index in [-0.39, 0.29) is 0 Å². The third-order valence-corrected chi connectivity index (χ3v) is 3.94. The van der Waals surface area contributed by atoms with Crippen LogP contribution in [0.4, 0.5) is 0 Å². The van der Waals surface area contributed by atoms with Crippen molar-refractivity contribution in [2.75, 3.05) is 26.2 Å². The number of aryl methyl sites for hydroxylation is 2. The smallest absolute Gasteiger partial charge is 0.222 e. The first-order valence-corrected chi connectivity index (χ1v) is 7.86. The Morgan fingerprint density at radius 3 is 2.30 bits per heavy atom. The van der Waals surface area contributed by atoms with Crippen LogP contribution in [-0.4, -0.2) is 37.0 Å². The largest absolute Gasteiger partial charge is 0.340 e. The number of piperazine rings is 1. The van der Waals surface area contributed by atoms with Crippen LogP contribution in [0.3, 0.4) is 0 Å². The molecule has 1 aromatic rings. The van der Waals surface area contributed by atoms with Gasteiger partial charge in [0.15, 0.2) is 0 Å². The van der Waals surface area contributed by atoms with E-state index in [1.165, 1.54) is 24.0 Å². The molecular formula is C17H26N2O. The van der Waals surface area contributed by atoms with Gasteiger partial charge in [-0.1, -0.05) is 37.6 Å². The van der Waals surface area contributed by atoms with Crippen LogP contribution in [0.5, 0.6) is 0 Å². The number of benzene rings is 1. The summed E-state index contributed by atoms with van der Waals surface area (Å²) < 4.78 is 0. The molecule has 1 heterocycles. The summed E-state index contributed by atoms with van der Waals surface area (Å²) in [6.07, 6.45) is 5.14. The van der Waals surface area contributed by atoms with Crippen LogP contribution in [0.1, 0.15) is 37.3 Å². The number of rotatable bonds is 6. The highest BCUT2D eigenvalue weighted by Gasteiger charge is 2.15. The molecule has 2 rings (SSSR count). The number of carbonyl (C=O) groups is 1. The molecule has 0 radical (unpaired) electrons. The highest BCUT2D eigenvalue weighted by molar-refractivity contribution is 5.76. The second-order valence-corrected chi connectivity index (χ2v) is 5.55. The summed E-state index contributed by atoms with van der Waals surface area (Å²) >= 11 is 0. The lowest BCUT2D eigenvalue weighted by atomic mass is 10.0. The number of hydrogen-bond donors (Lipinski definition) is 1. The molecule has 0 aliphatic carbocycles. The second kappa shape index (κ2) is 8.05. The predicted molar refractivity (Wildman–Crippen MR) is 82.8 cm³/mol. The molecule has 1 N–H and O–H groups in total. The maximum Gasteiger partial charge on any atom is 0.222 e. The van der Waals surface area contributed by atoms with E-state index in [9.17, 15) is 4.79 Å². The molecule has 1 amide bonds. The van der Waals surface area contributed by atoms with Crippen LogP contribution in [0.15, 0.2) is 24.3 Å². The maximum absolute atomic E-state index is 12.1. The van der Waals surface area contributed by atoms with Gasteiger partial charge in [-0.15, -0.1) is 0 Å². The van der Waals surface area contributed by atoms with E-state index >= 15 is 0 Å². The van der Waals surface area contributed by atoms with Crippen molar-refractivity contribution in [3.05, 3.63) is 35.4 Å². The summed E-state index contributed by atoms with van der Waals surface area (Å²) in [5, 5.41) is 3.27. The molecule has 0 atom stereocenters. The van der Waals surface area contributed by atoms with Crippen LogP contribution < -0.4 is 5.32 Å². The molecule has 0 spiro atoms. The van der Waals surface area contributed by atoms with Crippen LogP contribution >= 0.6 is 0 Å². The Morgan fingerprint density at radius 2 is 1.70 bits per heavy atom. The molecule has 1 aromatic carbocycles. The van der Waals surface area contributed by atoms with E-state index in [2.05, 4.69) is 36.5 Å². The summed E-state index contributed by atoms with van der Waals surface area (Å²) in [6, 6.07) is 8.77. The average Bonchev–Trinajstić information content (AvgIpc) is 2.52. The zero-order valence-electron chi connectivity index (χ0n) is 12.5. The zero-order valence-corrected chi connectivity index (χ0v) is 12.5. The first-order chi connectivity index (χ1) is 9.79. The first kappa shape index (κ1) is 15.0. The standard InChI is InChI=1S/C17H26N2O/c1-2-3-4-15-5-7-16(8-6-15)9-10-17(20)19-13-11-18-12-14-19/h5-8,18H,2-4,9-14H2,1H3. The summed E-state index contributed by atoms with van der Waals surface area (Å²) in [5.41, 5.74) is 2.68. The van der Waals surface area contributed by atoms with Crippen LogP contribution in [0.2, 0.25) is 0 Å². The van der Waals surface area contributed by atoms with Crippen molar-refractivity contribution in [1.29, 1.82) is 0 Å². The molecule has 0 unspecified atom stereocenters. The topological polar surface area (TPSA) is 32.3 Å². The van der Waals surface area contributed by atoms with Gasteiger partial charge in [0.25, 0.3) is 0 Å². The summed E-state index contributed by atoms with van der Waals surface area (Å²) in [7, 11) is 0. The number of nitrogens with zero attached hydrogens (tertiary/aromatic N) is 1. The molecule has 1 fully saturated rings. The molecule has 1 aliphatic rings. The van der Waals surface area contributed by atoms with Gasteiger partial charge in [-0.2, -0.15) is 0 Å². The Labute approximate surface area is 122 Å². The first-order valence-electron chi connectivity index (χ1n) is 7.86. The average molecular weight is 274 g/mol. The Hall–Kier alpha value is -1.35. The summed E-state index contributed by atoms with van der Waals surface area (Å²) in [6.45, 7) is 5.79. The summed E-state index contributed by atoms with van der Waals surface area (Å²) in [5.74, 6) is 0.293. The highest BCUT2D eigenvalue weighted by atomic mass is 16.2. The van der Waals surface area contributed by atoms with Crippen molar-refractivity contribution in [1.82, 2.24) is 10.2 Å². The fraction of sp³-hybridized carbons (Fsp3) is 0.588. The summed E-state index contributed by atoms with van der Waals surface area (Å²) in [4.78, 5) is 14.1. The van der Waals surface area contributed by atoms with Gasteiger partial charge in [0, 0.05) is 32.6 Å². The van der Waals surface area contributed by atoms with Gasteiger partial charge in [-0.05, 0) is 30.4 Å².